The van der Waals surface area contributed by atoms with Crippen molar-refractivity contribution in [2.24, 2.45) is 0 Å². The second-order valence-electron chi connectivity index (χ2n) is 5.93. The van der Waals surface area contributed by atoms with E-state index in [-0.39, 0.29) is 24.5 Å². The molecule has 0 spiro atoms. The van der Waals surface area contributed by atoms with Crippen LogP contribution >= 0.6 is 0 Å². The Morgan fingerprint density at radius 3 is 2.44 bits per heavy atom. The van der Waals surface area contributed by atoms with E-state index in [0.29, 0.717) is 12.1 Å². The zero-order valence-corrected chi connectivity index (χ0v) is 14.7. The number of piperazine rings is 1. The van der Waals surface area contributed by atoms with Crippen molar-refractivity contribution in [1.29, 1.82) is 0 Å². The Kier molecular flexibility index (Phi) is 6.35. The molecule has 1 saturated heterocycles. The second kappa shape index (κ2) is 8.48. The number of carbonyl (C=O) groups is 3. The van der Waals surface area contributed by atoms with Gasteiger partial charge < -0.3 is 15.0 Å². The lowest BCUT2D eigenvalue weighted by molar-refractivity contribution is -0.121. The number of imide groups is 1. The number of rotatable bonds is 4. The first kappa shape index (κ1) is 18.7. The number of carbonyl (C=O) groups excluding carboxylic acids is 3. The van der Waals surface area contributed by atoms with Crippen LogP contribution in [-0.2, 0) is 9.53 Å². The quantitative estimate of drug-likeness (QED) is 0.768. The predicted octanol–water partition coefficient (Wildman–Crippen LogP) is 0.439. The SMILES string of the molecule is CNC(=O)NC(=O)CN1CCN(c2ccc(C(=O)OC)cc2)C[C@@H]1C. The molecule has 1 heterocycles. The van der Waals surface area contributed by atoms with Gasteiger partial charge in [0.05, 0.1) is 19.2 Å². The van der Waals surface area contributed by atoms with Gasteiger partial charge in [-0.1, -0.05) is 0 Å². The summed E-state index contributed by atoms with van der Waals surface area (Å²) < 4.78 is 4.70. The molecule has 2 rings (SSSR count). The van der Waals surface area contributed by atoms with E-state index in [0.717, 1.165) is 18.8 Å². The fourth-order valence-corrected chi connectivity index (χ4v) is 2.80. The largest absolute Gasteiger partial charge is 0.465 e. The van der Waals surface area contributed by atoms with E-state index in [9.17, 15) is 14.4 Å². The normalized spacial score (nSPS) is 17.7. The van der Waals surface area contributed by atoms with Gasteiger partial charge in [-0.2, -0.15) is 0 Å². The molecular formula is C17H24N4O4. The molecule has 0 saturated carbocycles. The minimum atomic E-state index is -0.498. The van der Waals surface area contributed by atoms with Crippen molar-refractivity contribution in [3.63, 3.8) is 0 Å². The third kappa shape index (κ3) is 4.93. The van der Waals surface area contributed by atoms with Crippen LogP contribution in [0.5, 0.6) is 0 Å². The third-order valence-electron chi connectivity index (χ3n) is 4.25. The number of anilines is 1. The van der Waals surface area contributed by atoms with Crippen LogP contribution in [0.3, 0.4) is 0 Å². The highest BCUT2D eigenvalue weighted by Gasteiger charge is 2.26. The summed E-state index contributed by atoms with van der Waals surface area (Å²) in [4.78, 5) is 38.7. The van der Waals surface area contributed by atoms with Gasteiger partial charge in [0.25, 0.3) is 0 Å². The Hall–Kier alpha value is -2.61. The van der Waals surface area contributed by atoms with Gasteiger partial charge >= 0.3 is 12.0 Å². The summed E-state index contributed by atoms with van der Waals surface area (Å²) in [6.45, 7) is 4.45. The van der Waals surface area contributed by atoms with E-state index in [2.05, 4.69) is 15.5 Å². The van der Waals surface area contributed by atoms with Gasteiger partial charge in [0.1, 0.15) is 0 Å². The number of nitrogens with one attached hydrogen (secondary N) is 2. The minimum absolute atomic E-state index is 0.157. The molecule has 1 aliphatic heterocycles. The van der Waals surface area contributed by atoms with Gasteiger partial charge in [0.15, 0.2) is 0 Å². The highest BCUT2D eigenvalue weighted by Crippen LogP contribution is 2.20. The third-order valence-corrected chi connectivity index (χ3v) is 4.25. The topological polar surface area (TPSA) is 91.0 Å². The average Bonchev–Trinajstić information content (AvgIpc) is 2.62. The number of urea groups is 1. The summed E-state index contributed by atoms with van der Waals surface area (Å²) in [7, 11) is 2.83. The van der Waals surface area contributed by atoms with Crippen molar-refractivity contribution < 1.29 is 19.1 Å². The number of methoxy groups -OCH3 is 1. The zero-order valence-electron chi connectivity index (χ0n) is 14.7. The molecule has 0 aromatic heterocycles. The second-order valence-corrected chi connectivity index (χ2v) is 5.93. The maximum absolute atomic E-state index is 11.8. The molecule has 0 aliphatic carbocycles. The molecule has 136 valence electrons. The summed E-state index contributed by atoms with van der Waals surface area (Å²) >= 11 is 0. The fourth-order valence-electron chi connectivity index (χ4n) is 2.80. The first-order chi connectivity index (χ1) is 11.9. The van der Waals surface area contributed by atoms with E-state index < -0.39 is 6.03 Å². The Morgan fingerprint density at radius 1 is 1.20 bits per heavy atom. The van der Waals surface area contributed by atoms with Crippen molar-refractivity contribution in [2.45, 2.75) is 13.0 Å². The van der Waals surface area contributed by atoms with Crippen molar-refractivity contribution in [1.82, 2.24) is 15.5 Å². The Bertz CT molecular complexity index is 632. The van der Waals surface area contributed by atoms with Crippen LogP contribution in [0.1, 0.15) is 17.3 Å². The number of esters is 1. The first-order valence-corrected chi connectivity index (χ1v) is 8.13. The van der Waals surface area contributed by atoms with Crippen LogP contribution in [-0.4, -0.2) is 69.2 Å². The fraction of sp³-hybridized carbons (Fsp3) is 0.471. The highest BCUT2D eigenvalue weighted by molar-refractivity contribution is 5.95. The molecule has 0 bridgehead atoms. The molecule has 1 aliphatic rings. The van der Waals surface area contributed by atoms with Gasteiger partial charge in [-0.15, -0.1) is 0 Å². The van der Waals surface area contributed by atoms with Crippen LogP contribution in [0, 0.1) is 0 Å². The number of hydrogen-bond donors (Lipinski definition) is 2. The summed E-state index contributed by atoms with van der Waals surface area (Å²) in [5, 5.41) is 4.63. The molecular weight excluding hydrogens is 324 g/mol. The summed E-state index contributed by atoms with van der Waals surface area (Å²) in [5.74, 6) is -0.672. The van der Waals surface area contributed by atoms with Crippen LogP contribution in [0.2, 0.25) is 0 Å². The number of ether oxygens (including phenoxy) is 1. The maximum atomic E-state index is 11.8. The van der Waals surface area contributed by atoms with E-state index in [1.54, 1.807) is 12.1 Å². The highest BCUT2D eigenvalue weighted by atomic mass is 16.5. The maximum Gasteiger partial charge on any atom is 0.337 e. The molecule has 8 nitrogen and oxygen atoms in total. The van der Waals surface area contributed by atoms with Crippen molar-refractivity contribution in [2.75, 3.05) is 45.2 Å². The summed E-state index contributed by atoms with van der Waals surface area (Å²) in [5.41, 5.74) is 1.54. The zero-order chi connectivity index (χ0) is 18.4. The predicted molar refractivity (Wildman–Crippen MR) is 93.6 cm³/mol. The molecule has 2 N–H and O–H groups in total. The van der Waals surface area contributed by atoms with E-state index >= 15 is 0 Å². The molecule has 0 unspecified atom stereocenters. The lowest BCUT2D eigenvalue weighted by Crippen LogP contribution is -2.55. The summed E-state index contributed by atoms with van der Waals surface area (Å²) in [6.07, 6.45) is 0. The van der Waals surface area contributed by atoms with Gasteiger partial charge in [0.2, 0.25) is 5.91 Å². The van der Waals surface area contributed by atoms with Crippen LogP contribution < -0.4 is 15.5 Å². The Morgan fingerprint density at radius 2 is 1.88 bits per heavy atom. The number of nitrogens with zero attached hydrogens (tertiary/aromatic N) is 2. The van der Waals surface area contributed by atoms with Crippen molar-refractivity contribution in [3.8, 4) is 0 Å². The van der Waals surface area contributed by atoms with Crippen LogP contribution in [0.25, 0.3) is 0 Å². The van der Waals surface area contributed by atoms with E-state index in [1.165, 1.54) is 14.2 Å². The monoisotopic (exact) mass is 348 g/mol. The molecule has 3 amide bonds. The smallest absolute Gasteiger partial charge is 0.337 e. The first-order valence-electron chi connectivity index (χ1n) is 8.13. The van der Waals surface area contributed by atoms with Crippen LogP contribution in [0.15, 0.2) is 24.3 Å². The minimum Gasteiger partial charge on any atom is -0.465 e. The lowest BCUT2D eigenvalue weighted by Gasteiger charge is -2.40. The number of benzene rings is 1. The Labute approximate surface area is 147 Å². The lowest BCUT2D eigenvalue weighted by atomic mass is 10.1. The van der Waals surface area contributed by atoms with E-state index in [1.807, 2.05) is 24.0 Å². The molecule has 1 atom stereocenters. The molecule has 1 aromatic rings. The number of amides is 3. The molecule has 1 fully saturated rings. The summed E-state index contributed by atoms with van der Waals surface area (Å²) in [6, 6.07) is 6.94. The van der Waals surface area contributed by atoms with E-state index in [4.69, 9.17) is 4.74 Å². The van der Waals surface area contributed by atoms with Gasteiger partial charge in [-0.25, -0.2) is 9.59 Å². The van der Waals surface area contributed by atoms with Crippen molar-refractivity contribution in [3.05, 3.63) is 29.8 Å². The molecule has 25 heavy (non-hydrogen) atoms. The van der Waals surface area contributed by atoms with Gasteiger partial charge in [0, 0.05) is 38.4 Å². The van der Waals surface area contributed by atoms with Crippen LogP contribution in [0.4, 0.5) is 10.5 Å². The number of hydrogen-bond acceptors (Lipinski definition) is 6. The average molecular weight is 348 g/mol. The van der Waals surface area contributed by atoms with Gasteiger partial charge in [-0.05, 0) is 31.2 Å². The molecule has 0 radical (unpaired) electrons. The Balaban J connectivity index is 1.91. The van der Waals surface area contributed by atoms with Crippen molar-refractivity contribution >= 4 is 23.6 Å². The standard InChI is InChI=1S/C17H24N4O4/c1-12-10-21(14-6-4-13(5-7-14)16(23)25-3)9-8-20(12)11-15(22)19-17(24)18-2/h4-7,12H,8-11H2,1-3H3,(H2,18,19,22,24)/t12-/m0/s1. The van der Waals surface area contributed by atoms with Gasteiger partial charge in [-0.3, -0.25) is 15.0 Å². The molecule has 1 aromatic carbocycles. The molecule has 8 heteroatoms.